The van der Waals surface area contributed by atoms with Crippen molar-refractivity contribution in [1.29, 1.82) is 0 Å². The van der Waals surface area contributed by atoms with Gasteiger partial charge in [0.2, 0.25) is 0 Å². The fraction of sp³-hybridized carbons (Fsp3) is 0.127. The number of anilines is 2. The van der Waals surface area contributed by atoms with Gasteiger partial charge in [-0.15, -0.1) is 0 Å². The maximum Gasteiger partial charge on any atom is 0.0541 e. The van der Waals surface area contributed by atoms with E-state index >= 15 is 0 Å². The summed E-state index contributed by atoms with van der Waals surface area (Å²) in [5, 5.41) is 2.65. The van der Waals surface area contributed by atoms with Crippen molar-refractivity contribution in [3.05, 3.63) is 222 Å². The third-order valence-corrected chi connectivity index (χ3v) is 13.4. The van der Waals surface area contributed by atoms with Crippen LogP contribution in [-0.4, -0.2) is 10.6 Å². The second-order valence-electron chi connectivity index (χ2n) is 16.4. The summed E-state index contributed by atoms with van der Waals surface area (Å²) in [7, 11) is 0. The van der Waals surface area contributed by atoms with Crippen LogP contribution in [0.2, 0.25) is 0 Å². The minimum atomic E-state index is 0.255. The Hall–Kier alpha value is -6.64. The molecule has 1 aliphatic heterocycles. The van der Waals surface area contributed by atoms with Crippen molar-refractivity contribution in [2.24, 2.45) is 0 Å². The highest BCUT2D eigenvalue weighted by Gasteiger charge is 2.43. The lowest BCUT2D eigenvalue weighted by atomic mass is 9.74. The summed E-state index contributed by atoms with van der Waals surface area (Å²) in [4.78, 5) is 2.63. The van der Waals surface area contributed by atoms with Crippen LogP contribution in [0.15, 0.2) is 194 Å². The molecule has 4 atom stereocenters. The van der Waals surface area contributed by atoms with Gasteiger partial charge in [-0.3, -0.25) is 0 Å². The Bertz CT molecular complexity index is 2960. The third-order valence-electron chi connectivity index (χ3n) is 13.4. The van der Waals surface area contributed by atoms with E-state index in [1.165, 1.54) is 108 Å². The second kappa shape index (κ2) is 13.0. The van der Waals surface area contributed by atoms with Crippen LogP contribution in [0.3, 0.4) is 0 Å². The van der Waals surface area contributed by atoms with Crippen LogP contribution in [0.5, 0.6) is 0 Å². The van der Waals surface area contributed by atoms with Crippen molar-refractivity contribution < 1.29 is 0 Å². The van der Waals surface area contributed by atoms with E-state index in [1.807, 2.05) is 0 Å². The highest BCUT2D eigenvalue weighted by molar-refractivity contribution is 6.11. The molecule has 0 amide bonds. The molecular weight excluding hydrogens is 689 g/mol. The molecule has 2 heterocycles. The Morgan fingerprint density at radius 2 is 1.04 bits per heavy atom. The summed E-state index contributed by atoms with van der Waals surface area (Å²) >= 11 is 0. The monoisotopic (exact) mass is 730 g/mol. The van der Waals surface area contributed by atoms with E-state index in [4.69, 9.17) is 0 Å². The SMILES string of the molecule is c1ccc(C2c3ccccc3-c3cc(-c4ccc5c(c4)c4cc(C6CCC7C(C6)c6ccccc6N7c6ccccc6)ccc4n5-c4ccccc4)ccc32)cc1. The molecule has 1 fully saturated rings. The smallest absolute Gasteiger partial charge is 0.0541 e. The van der Waals surface area contributed by atoms with Crippen molar-refractivity contribution in [2.45, 2.75) is 43.1 Å². The first-order valence-corrected chi connectivity index (χ1v) is 20.6. The normalized spacial score (nSPS) is 19.3. The molecule has 272 valence electrons. The summed E-state index contributed by atoms with van der Waals surface area (Å²) in [6, 6.07) is 73.2. The Morgan fingerprint density at radius 1 is 0.421 bits per heavy atom. The number of hydrogen-bond acceptors (Lipinski definition) is 1. The lowest BCUT2D eigenvalue weighted by molar-refractivity contribution is 0.361. The van der Waals surface area contributed by atoms with E-state index in [9.17, 15) is 0 Å². The van der Waals surface area contributed by atoms with E-state index in [2.05, 4.69) is 204 Å². The van der Waals surface area contributed by atoms with Crippen molar-refractivity contribution in [2.75, 3.05) is 4.90 Å². The first-order chi connectivity index (χ1) is 28.3. The molecule has 0 N–H and O–H groups in total. The second-order valence-corrected chi connectivity index (χ2v) is 16.4. The van der Waals surface area contributed by atoms with Crippen molar-refractivity contribution in [1.82, 2.24) is 4.57 Å². The van der Waals surface area contributed by atoms with Gasteiger partial charge in [-0.1, -0.05) is 133 Å². The highest BCUT2D eigenvalue weighted by Crippen LogP contribution is 2.54. The number of nitrogens with zero attached hydrogens (tertiary/aromatic N) is 2. The van der Waals surface area contributed by atoms with Crippen molar-refractivity contribution >= 4 is 33.2 Å². The molecule has 0 spiro atoms. The van der Waals surface area contributed by atoms with Crippen molar-refractivity contribution in [3.63, 3.8) is 0 Å². The average molecular weight is 731 g/mol. The summed E-state index contributed by atoms with van der Waals surface area (Å²) < 4.78 is 2.46. The molecule has 0 bridgehead atoms. The Balaban J connectivity index is 0.960. The fourth-order valence-corrected chi connectivity index (χ4v) is 10.9. The number of para-hydroxylation sites is 3. The van der Waals surface area contributed by atoms with Crippen LogP contribution in [0.1, 0.15) is 64.8 Å². The van der Waals surface area contributed by atoms with E-state index < -0.39 is 0 Å². The quantitative estimate of drug-likeness (QED) is 0.171. The molecule has 1 aromatic heterocycles. The number of aromatic nitrogens is 1. The van der Waals surface area contributed by atoms with Crippen LogP contribution in [0, 0.1) is 0 Å². The molecule has 57 heavy (non-hydrogen) atoms. The van der Waals surface area contributed by atoms with Crippen LogP contribution in [0.25, 0.3) is 49.7 Å². The average Bonchev–Trinajstić information content (AvgIpc) is 3.92. The van der Waals surface area contributed by atoms with Gasteiger partial charge in [0.05, 0.1) is 11.0 Å². The zero-order chi connectivity index (χ0) is 37.5. The highest BCUT2D eigenvalue weighted by atomic mass is 15.2. The van der Waals surface area contributed by atoms with Gasteiger partial charge < -0.3 is 9.47 Å². The maximum atomic E-state index is 2.63. The summed E-state index contributed by atoms with van der Waals surface area (Å²) in [6.45, 7) is 0. The lowest BCUT2D eigenvalue weighted by Gasteiger charge is -2.37. The zero-order valence-electron chi connectivity index (χ0n) is 31.8. The largest absolute Gasteiger partial charge is 0.338 e. The van der Waals surface area contributed by atoms with Gasteiger partial charge in [-0.05, 0) is 136 Å². The molecular formula is C55H42N2. The Kier molecular flexibility index (Phi) is 7.41. The fourth-order valence-electron chi connectivity index (χ4n) is 10.9. The molecule has 2 nitrogen and oxygen atoms in total. The maximum absolute atomic E-state index is 2.63. The molecule has 9 aromatic rings. The molecule has 12 rings (SSSR count). The van der Waals surface area contributed by atoms with E-state index in [-0.39, 0.29) is 5.92 Å². The molecule has 3 aliphatic rings. The summed E-state index contributed by atoms with van der Waals surface area (Å²) in [6.07, 6.45) is 3.53. The minimum Gasteiger partial charge on any atom is -0.338 e. The van der Waals surface area contributed by atoms with Crippen LogP contribution >= 0.6 is 0 Å². The summed E-state index contributed by atoms with van der Waals surface area (Å²) in [5.41, 5.74) is 18.7. The van der Waals surface area contributed by atoms with Crippen LogP contribution in [0.4, 0.5) is 11.4 Å². The van der Waals surface area contributed by atoms with Crippen LogP contribution in [-0.2, 0) is 0 Å². The molecule has 0 saturated heterocycles. The number of hydrogen-bond donors (Lipinski definition) is 0. The third kappa shape index (κ3) is 5.10. The van der Waals surface area contributed by atoms with Gasteiger partial charge in [-0.25, -0.2) is 0 Å². The van der Waals surface area contributed by atoms with Gasteiger partial charge in [0.25, 0.3) is 0 Å². The zero-order valence-corrected chi connectivity index (χ0v) is 31.8. The topological polar surface area (TPSA) is 8.17 Å². The van der Waals surface area contributed by atoms with E-state index in [0.717, 1.165) is 0 Å². The van der Waals surface area contributed by atoms with Gasteiger partial charge in [0, 0.05) is 45.7 Å². The molecule has 2 heteroatoms. The lowest BCUT2D eigenvalue weighted by Crippen LogP contribution is -2.34. The predicted molar refractivity (Wildman–Crippen MR) is 237 cm³/mol. The number of fused-ring (bicyclic) bond motifs is 9. The molecule has 4 unspecified atom stereocenters. The predicted octanol–water partition coefficient (Wildman–Crippen LogP) is 14.2. The van der Waals surface area contributed by atoms with E-state index in [0.29, 0.717) is 17.9 Å². The number of benzene rings is 8. The molecule has 1 saturated carbocycles. The summed E-state index contributed by atoms with van der Waals surface area (Å²) in [5.74, 6) is 1.28. The first kappa shape index (κ1) is 32.6. The number of rotatable bonds is 5. The Morgan fingerprint density at radius 3 is 1.84 bits per heavy atom. The molecule has 2 aliphatic carbocycles. The molecule has 8 aromatic carbocycles. The van der Waals surface area contributed by atoms with Crippen LogP contribution < -0.4 is 4.90 Å². The van der Waals surface area contributed by atoms with Gasteiger partial charge in [0.1, 0.15) is 0 Å². The van der Waals surface area contributed by atoms with E-state index in [1.54, 1.807) is 0 Å². The standard InChI is InChI=1S/C55H42N2/c1-4-14-36(15-5-1)55-45-22-11-10-20-43(45)47-32-37(24-28-46(47)55)39-26-30-53-49(34-39)50-35-40(27-31-54(50)57(53)42-18-8-3-9-19-42)38-25-29-52-48(33-38)44-21-12-13-23-51(44)56(52)41-16-6-2-7-17-41/h1-24,26-28,30-32,34-35,38,48,52,55H,25,29,33H2. The Labute approximate surface area is 334 Å². The van der Waals surface area contributed by atoms with Gasteiger partial charge in [0.15, 0.2) is 0 Å². The van der Waals surface area contributed by atoms with Crippen molar-refractivity contribution in [3.8, 4) is 27.9 Å². The van der Waals surface area contributed by atoms with Gasteiger partial charge in [-0.2, -0.15) is 0 Å². The van der Waals surface area contributed by atoms with Gasteiger partial charge >= 0.3 is 0 Å². The first-order valence-electron chi connectivity index (χ1n) is 20.6. The molecule has 0 radical (unpaired) electrons. The minimum absolute atomic E-state index is 0.255.